The number of carbonyl (C=O) groups is 1. The number of carbonyl (C=O) groups excluding carboxylic acids is 1. The van der Waals surface area contributed by atoms with Crippen LogP contribution < -0.4 is 10.6 Å². The summed E-state index contributed by atoms with van der Waals surface area (Å²) in [5.74, 6) is -0.0530. The molecular weight excluding hydrogens is 247 g/mol. The van der Waals surface area contributed by atoms with Gasteiger partial charge in [0.25, 0.3) is 5.91 Å². The fourth-order valence-corrected chi connectivity index (χ4v) is 1.30. The Balaban J connectivity index is 0.00000225. The van der Waals surface area contributed by atoms with E-state index in [9.17, 15) is 4.79 Å². The van der Waals surface area contributed by atoms with E-state index in [0.717, 1.165) is 13.0 Å². The Kier molecular flexibility index (Phi) is 7.99. The van der Waals surface area contributed by atoms with E-state index in [0.29, 0.717) is 17.1 Å². The topological polar surface area (TPSA) is 41.1 Å². The SMILES string of the molecule is CNCCCNC(=O)c1ccc(Cl)cc1.Cl. The van der Waals surface area contributed by atoms with Gasteiger partial charge in [-0.15, -0.1) is 12.4 Å². The lowest BCUT2D eigenvalue weighted by molar-refractivity contribution is 0.0953. The maximum Gasteiger partial charge on any atom is 0.251 e. The standard InChI is InChI=1S/C11H15ClN2O.ClH/c1-13-7-2-8-14-11(15)9-3-5-10(12)6-4-9;/h3-6,13H,2,7-8H2,1H3,(H,14,15);1H. The van der Waals surface area contributed by atoms with Crippen LogP contribution in [0.1, 0.15) is 16.8 Å². The molecule has 3 nitrogen and oxygen atoms in total. The lowest BCUT2D eigenvalue weighted by Crippen LogP contribution is -2.26. The average Bonchev–Trinajstić information content (AvgIpc) is 2.25. The minimum Gasteiger partial charge on any atom is -0.352 e. The van der Waals surface area contributed by atoms with Crippen LogP contribution in [0, 0.1) is 0 Å². The maximum absolute atomic E-state index is 11.5. The lowest BCUT2D eigenvalue weighted by Gasteiger charge is -2.04. The zero-order valence-corrected chi connectivity index (χ0v) is 10.7. The molecule has 0 aliphatic rings. The molecule has 5 heteroatoms. The van der Waals surface area contributed by atoms with Crippen LogP contribution in [0.5, 0.6) is 0 Å². The highest BCUT2D eigenvalue weighted by Crippen LogP contribution is 2.09. The van der Waals surface area contributed by atoms with Crippen molar-refractivity contribution in [3.8, 4) is 0 Å². The second kappa shape index (κ2) is 8.39. The van der Waals surface area contributed by atoms with Crippen LogP contribution in [0.3, 0.4) is 0 Å². The fraction of sp³-hybridized carbons (Fsp3) is 0.364. The molecular formula is C11H16Cl2N2O. The summed E-state index contributed by atoms with van der Waals surface area (Å²) in [5.41, 5.74) is 0.642. The summed E-state index contributed by atoms with van der Waals surface area (Å²) in [6.45, 7) is 1.59. The van der Waals surface area contributed by atoms with Gasteiger partial charge >= 0.3 is 0 Å². The van der Waals surface area contributed by atoms with Crippen LogP contribution in [-0.4, -0.2) is 26.0 Å². The fourth-order valence-electron chi connectivity index (χ4n) is 1.17. The average molecular weight is 263 g/mol. The second-order valence-corrected chi connectivity index (χ2v) is 3.66. The molecule has 0 saturated carbocycles. The van der Waals surface area contributed by atoms with Gasteiger partial charge in [0.15, 0.2) is 0 Å². The van der Waals surface area contributed by atoms with Gasteiger partial charge in [-0.25, -0.2) is 0 Å². The summed E-state index contributed by atoms with van der Waals surface area (Å²) in [4.78, 5) is 11.5. The number of halogens is 2. The van der Waals surface area contributed by atoms with Crippen molar-refractivity contribution in [2.45, 2.75) is 6.42 Å². The molecule has 90 valence electrons. The number of rotatable bonds is 5. The lowest BCUT2D eigenvalue weighted by atomic mass is 10.2. The van der Waals surface area contributed by atoms with E-state index in [-0.39, 0.29) is 18.3 Å². The molecule has 0 aliphatic carbocycles. The molecule has 0 heterocycles. The summed E-state index contributed by atoms with van der Waals surface area (Å²) in [5, 5.41) is 6.49. The van der Waals surface area contributed by atoms with E-state index in [1.807, 2.05) is 7.05 Å². The largest absolute Gasteiger partial charge is 0.352 e. The minimum absolute atomic E-state index is 0. The number of nitrogens with one attached hydrogen (secondary N) is 2. The summed E-state index contributed by atoms with van der Waals surface area (Å²) in [6.07, 6.45) is 0.926. The molecule has 0 fully saturated rings. The van der Waals surface area contributed by atoms with Gasteiger partial charge in [0.05, 0.1) is 0 Å². The number of hydrogen-bond acceptors (Lipinski definition) is 2. The van der Waals surface area contributed by atoms with Crippen LogP contribution in [-0.2, 0) is 0 Å². The first-order valence-corrected chi connectivity index (χ1v) is 5.30. The molecule has 0 aromatic heterocycles. The predicted molar refractivity (Wildman–Crippen MR) is 69.6 cm³/mol. The molecule has 0 atom stereocenters. The molecule has 0 unspecified atom stereocenters. The van der Waals surface area contributed by atoms with Crippen molar-refractivity contribution in [1.29, 1.82) is 0 Å². The van der Waals surface area contributed by atoms with E-state index in [1.165, 1.54) is 0 Å². The monoisotopic (exact) mass is 262 g/mol. The first-order chi connectivity index (χ1) is 7.24. The first-order valence-electron chi connectivity index (χ1n) is 4.92. The molecule has 2 N–H and O–H groups in total. The van der Waals surface area contributed by atoms with Gasteiger partial charge in [0.2, 0.25) is 0 Å². The van der Waals surface area contributed by atoms with Crippen molar-refractivity contribution in [1.82, 2.24) is 10.6 Å². The Hall–Kier alpha value is -0.770. The van der Waals surface area contributed by atoms with Crippen molar-refractivity contribution in [3.63, 3.8) is 0 Å². The van der Waals surface area contributed by atoms with Gasteiger partial charge < -0.3 is 10.6 Å². The van der Waals surface area contributed by atoms with Crippen molar-refractivity contribution < 1.29 is 4.79 Å². The summed E-state index contributed by atoms with van der Waals surface area (Å²) >= 11 is 5.72. The Bertz CT molecular complexity index is 314. The van der Waals surface area contributed by atoms with Crippen LogP contribution in [0.2, 0.25) is 5.02 Å². The normalized spacial score (nSPS) is 9.38. The molecule has 1 aromatic rings. The molecule has 0 aliphatic heterocycles. The molecule has 1 aromatic carbocycles. The molecule has 0 radical (unpaired) electrons. The molecule has 1 amide bonds. The second-order valence-electron chi connectivity index (χ2n) is 3.22. The van der Waals surface area contributed by atoms with Crippen molar-refractivity contribution in [2.24, 2.45) is 0 Å². The van der Waals surface area contributed by atoms with E-state index in [4.69, 9.17) is 11.6 Å². The molecule has 0 saturated heterocycles. The van der Waals surface area contributed by atoms with E-state index >= 15 is 0 Å². The summed E-state index contributed by atoms with van der Waals surface area (Å²) < 4.78 is 0. The van der Waals surface area contributed by atoms with Crippen molar-refractivity contribution in [3.05, 3.63) is 34.9 Å². The Morgan fingerprint density at radius 2 is 1.88 bits per heavy atom. The number of benzene rings is 1. The highest BCUT2D eigenvalue weighted by molar-refractivity contribution is 6.30. The smallest absolute Gasteiger partial charge is 0.251 e. The number of amides is 1. The zero-order chi connectivity index (χ0) is 11.1. The Labute approximate surface area is 107 Å². The van der Waals surface area contributed by atoms with E-state index in [2.05, 4.69) is 10.6 Å². The summed E-state index contributed by atoms with van der Waals surface area (Å²) in [7, 11) is 1.89. The third-order valence-corrected chi connectivity index (χ3v) is 2.25. The van der Waals surface area contributed by atoms with Gasteiger partial charge in [-0.1, -0.05) is 11.6 Å². The maximum atomic E-state index is 11.5. The predicted octanol–water partition coefficient (Wildman–Crippen LogP) is 2.10. The van der Waals surface area contributed by atoms with E-state index in [1.54, 1.807) is 24.3 Å². The van der Waals surface area contributed by atoms with Gasteiger partial charge in [-0.05, 0) is 44.3 Å². The van der Waals surface area contributed by atoms with Crippen LogP contribution in [0.4, 0.5) is 0 Å². The third kappa shape index (κ3) is 5.35. The third-order valence-electron chi connectivity index (χ3n) is 2.00. The molecule has 0 bridgehead atoms. The zero-order valence-electron chi connectivity index (χ0n) is 9.13. The highest BCUT2D eigenvalue weighted by Gasteiger charge is 2.03. The number of hydrogen-bond donors (Lipinski definition) is 2. The van der Waals surface area contributed by atoms with Crippen LogP contribution >= 0.6 is 24.0 Å². The molecule has 1 rings (SSSR count). The quantitative estimate of drug-likeness (QED) is 0.799. The Morgan fingerprint density at radius 1 is 1.25 bits per heavy atom. The van der Waals surface area contributed by atoms with Gasteiger partial charge in [0, 0.05) is 17.1 Å². The van der Waals surface area contributed by atoms with Crippen LogP contribution in [0.15, 0.2) is 24.3 Å². The van der Waals surface area contributed by atoms with Crippen molar-refractivity contribution >= 4 is 29.9 Å². The first kappa shape index (κ1) is 15.2. The minimum atomic E-state index is -0.0530. The molecule has 0 spiro atoms. The van der Waals surface area contributed by atoms with Crippen molar-refractivity contribution in [2.75, 3.05) is 20.1 Å². The van der Waals surface area contributed by atoms with Gasteiger partial charge in [-0.2, -0.15) is 0 Å². The van der Waals surface area contributed by atoms with Gasteiger partial charge in [-0.3, -0.25) is 4.79 Å². The molecule has 16 heavy (non-hydrogen) atoms. The highest BCUT2D eigenvalue weighted by atomic mass is 35.5. The van der Waals surface area contributed by atoms with E-state index < -0.39 is 0 Å². The van der Waals surface area contributed by atoms with Crippen LogP contribution in [0.25, 0.3) is 0 Å². The van der Waals surface area contributed by atoms with Gasteiger partial charge in [0.1, 0.15) is 0 Å². The Morgan fingerprint density at radius 3 is 2.44 bits per heavy atom. The summed E-state index contributed by atoms with van der Waals surface area (Å²) in [6, 6.07) is 6.86.